The molecule has 1 heterocycles. The minimum Gasteiger partial charge on any atom is -0.356 e. The summed E-state index contributed by atoms with van der Waals surface area (Å²) in [7, 11) is 0. The molecule has 124 valence electrons. The maximum atomic E-state index is 12.5. The van der Waals surface area contributed by atoms with Gasteiger partial charge in [0.05, 0.1) is 10.9 Å². The summed E-state index contributed by atoms with van der Waals surface area (Å²) in [6.45, 7) is 3.35. The largest absolute Gasteiger partial charge is 0.356 e. The minimum absolute atomic E-state index is 0.0509. The molecule has 0 aliphatic heterocycles. The molecule has 1 aromatic carbocycles. The molecule has 0 saturated heterocycles. The zero-order valence-corrected chi connectivity index (χ0v) is 14.2. The third-order valence-corrected chi connectivity index (χ3v) is 4.07. The van der Waals surface area contributed by atoms with Crippen molar-refractivity contribution < 1.29 is 4.79 Å². The van der Waals surface area contributed by atoms with Crippen molar-refractivity contribution in [3.8, 4) is 0 Å². The third kappa shape index (κ3) is 4.76. The lowest BCUT2D eigenvalue weighted by molar-refractivity contribution is -0.121. The van der Waals surface area contributed by atoms with Crippen LogP contribution in [0.2, 0.25) is 0 Å². The number of hydrogen-bond acceptors (Lipinski definition) is 3. The summed E-state index contributed by atoms with van der Waals surface area (Å²) in [4.78, 5) is 27.0. The molecule has 1 amide bonds. The smallest absolute Gasteiger partial charge is 0.262 e. The van der Waals surface area contributed by atoms with Gasteiger partial charge in [-0.3, -0.25) is 14.2 Å². The second kappa shape index (κ2) is 8.62. The molecule has 0 fully saturated rings. The van der Waals surface area contributed by atoms with Gasteiger partial charge in [0.15, 0.2) is 4.77 Å². The van der Waals surface area contributed by atoms with Crippen LogP contribution in [0.3, 0.4) is 0 Å². The summed E-state index contributed by atoms with van der Waals surface area (Å²) in [5, 5.41) is 3.52. The first-order valence-corrected chi connectivity index (χ1v) is 8.53. The minimum atomic E-state index is -0.0509. The standard InChI is InChI=1S/C17H23N3O2S/c1-2-11-18-15(21)10-4-3-7-12-20-16(22)13-8-5-6-9-14(13)19-17(20)23/h5-6,8-9H,2-4,7,10-12H2,1H3,(H,18,21)(H,19,23). The lowest BCUT2D eigenvalue weighted by Gasteiger charge is -2.08. The van der Waals surface area contributed by atoms with Gasteiger partial charge >= 0.3 is 0 Å². The average molecular weight is 333 g/mol. The van der Waals surface area contributed by atoms with E-state index < -0.39 is 0 Å². The summed E-state index contributed by atoms with van der Waals surface area (Å²) in [5.41, 5.74) is 0.719. The molecule has 1 aromatic heterocycles. The number of H-pyrrole nitrogens is 1. The van der Waals surface area contributed by atoms with E-state index in [1.54, 1.807) is 10.6 Å². The number of carbonyl (C=O) groups excluding carboxylic acids is 1. The van der Waals surface area contributed by atoms with Crippen molar-refractivity contribution in [2.75, 3.05) is 6.54 Å². The van der Waals surface area contributed by atoms with E-state index in [0.717, 1.165) is 37.7 Å². The van der Waals surface area contributed by atoms with E-state index >= 15 is 0 Å². The fraction of sp³-hybridized carbons (Fsp3) is 0.471. The molecule has 0 saturated carbocycles. The lowest BCUT2D eigenvalue weighted by Crippen LogP contribution is -2.23. The molecule has 0 spiro atoms. The SMILES string of the molecule is CCCNC(=O)CCCCCn1c(=S)[nH]c2ccccc2c1=O. The van der Waals surface area contributed by atoms with Gasteiger partial charge in [0.1, 0.15) is 0 Å². The van der Waals surface area contributed by atoms with Gasteiger partial charge in [-0.1, -0.05) is 25.5 Å². The maximum absolute atomic E-state index is 12.5. The van der Waals surface area contributed by atoms with Gasteiger partial charge in [-0.05, 0) is 43.6 Å². The van der Waals surface area contributed by atoms with Crippen molar-refractivity contribution in [3.05, 3.63) is 39.4 Å². The van der Waals surface area contributed by atoms with Gasteiger partial charge in [-0.25, -0.2) is 0 Å². The molecule has 5 nitrogen and oxygen atoms in total. The van der Waals surface area contributed by atoms with Gasteiger partial charge in [-0.2, -0.15) is 0 Å². The number of hydrogen-bond donors (Lipinski definition) is 2. The summed E-state index contributed by atoms with van der Waals surface area (Å²) < 4.78 is 2.06. The highest BCUT2D eigenvalue weighted by Gasteiger charge is 2.05. The van der Waals surface area contributed by atoms with Crippen molar-refractivity contribution in [1.82, 2.24) is 14.9 Å². The first-order valence-electron chi connectivity index (χ1n) is 8.12. The number of benzene rings is 1. The second-order valence-electron chi connectivity index (χ2n) is 5.59. The van der Waals surface area contributed by atoms with E-state index in [0.29, 0.717) is 23.1 Å². The number of aromatic amines is 1. The van der Waals surface area contributed by atoms with E-state index in [9.17, 15) is 9.59 Å². The summed E-state index contributed by atoms with van der Waals surface area (Å²) >= 11 is 5.28. The van der Waals surface area contributed by atoms with Crippen LogP contribution in [0.1, 0.15) is 39.0 Å². The second-order valence-corrected chi connectivity index (χ2v) is 5.98. The number of nitrogens with zero attached hydrogens (tertiary/aromatic N) is 1. The summed E-state index contributed by atoms with van der Waals surface area (Å²) in [5.74, 6) is 0.104. The molecule has 2 aromatic rings. The van der Waals surface area contributed by atoms with Gasteiger partial charge in [0.2, 0.25) is 5.91 Å². The molecule has 0 atom stereocenters. The number of carbonyl (C=O) groups is 1. The monoisotopic (exact) mass is 333 g/mol. The predicted octanol–water partition coefficient (Wildman–Crippen LogP) is 3.15. The van der Waals surface area contributed by atoms with Crippen LogP contribution < -0.4 is 10.9 Å². The summed E-state index contributed by atoms with van der Waals surface area (Å²) in [6.07, 6.45) is 4.05. The van der Waals surface area contributed by atoms with Gasteiger partial charge < -0.3 is 10.3 Å². The van der Waals surface area contributed by atoms with E-state index in [-0.39, 0.29) is 11.5 Å². The Morgan fingerprint density at radius 1 is 1.26 bits per heavy atom. The Bertz CT molecular complexity index is 779. The predicted molar refractivity (Wildman–Crippen MR) is 95.2 cm³/mol. The first-order chi connectivity index (χ1) is 11.1. The molecule has 6 heteroatoms. The number of aromatic nitrogens is 2. The Kier molecular flexibility index (Phi) is 6.52. The topological polar surface area (TPSA) is 66.9 Å². The van der Waals surface area contributed by atoms with Crippen molar-refractivity contribution in [2.45, 2.75) is 45.6 Å². The Morgan fingerprint density at radius 3 is 2.83 bits per heavy atom. The van der Waals surface area contributed by atoms with Crippen molar-refractivity contribution in [2.24, 2.45) is 0 Å². The fourth-order valence-corrected chi connectivity index (χ4v) is 2.77. The van der Waals surface area contributed by atoms with Gasteiger partial charge in [-0.15, -0.1) is 0 Å². The molecule has 0 bridgehead atoms. The number of nitrogens with one attached hydrogen (secondary N) is 2. The number of fused-ring (bicyclic) bond motifs is 1. The van der Waals surface area contributed by atoms with Crippen LogP contribution in [0.25, 0.3) is 10.9 Å². The van der Waals surface area contributed by atoms with Crippen LogP contribution >= 0.6 is 12.2 Å². The summed E-state index contributed by atoms with van der Waals surface area (Å²) in [6, 6.07) is 7.38. The maximum Gasteiger partial charge on any atom is 0.262 e. The van der Waals surface area contributed by atoms with Crippen LogP contribution in [-0.4, -0.2) is 22.0 Å². The van der Waals surface area contributed by atoms with Gasteiger partial charge in [0, 0.05) is 19.5 Å². The number of para-hydroxylation sites is 1. The van der Waals surface area contributed by atoms with E-state index in [4.69, 9.17) is 12.2 Å². The molecule has 2 N–H and O–H groups in total. The Labute approximate surface area is 140 Å². The highest BCUT2D eigenvalue weighted by Crippen LogP contribution is 2.07. The number of amides is 1. The van der Waals surface area contributed by atoms with Crippen LogP contribution in [0.15, 0.2) is 29.1 Å². The van der Waals surface area contributed by atoms with Crippen LogP contribution in [0.4, 0.5) is 0 Å². The van der Waals surface area contributed by atoms with Crippen LogP contribution in [0, 0.1) is 4.77 Å². The van der Waals surface area contributed by atoms with E-state index in [1.807, 2.05) is 25.1 Å². The molecular weight excluding hydrogens is 310 g/mol. The third-order valence-electron chi connectivity index (χ3n) is 3.75. The van der Waals surface area contributed by atoms with Crippen LogP contribution in [0.5, 0.6) is 0 Å². The van der Waals surface area contributed by atoms with Crippen molar-refractivity contribution >= 4 is 29.0 Å². The Hall–Kier alpha value is -1.95. The first kappa shape index (κ1) is 17.4. The molecule has 0 unspecified atom stereocenters. The van der Waals surface area contributed by atoms with Crippen LogP contribution in [-0.2, 0) is 11.3 Å². The Balaban J connectivity index is 1.89. The highest BCUT2D eigenvalue weighted by molar-refractivity contribution is 7.71. The highest BCUT2D eigenvalue weighted by atomic mass is 32.1. The van der Waals surface area contributed by atoms with E-state index in [1.165, 1.54) is 0 Å². The fourth-order valence-electron chi connectivity index (χ4n) is 2.49. The molecule has 0 aliphatic carbocycles. The molecule has 0 radical (unpaired) electrons. The normalized spacial score (nSPS) is 10.8. The molecule has 2 rings (SSSR count). The average Bonchev–Trinajstić information content (AvgIpc) is 2.55. The molecule has 0 aliphatic rings. The van der Waals surface area contributed by atoms with Crippen molar-refractivity contribution in [1.29, 1.82) is 0 Å². The number of rotatable bonds is 8. The zero-order chi connectivity index (χ0) is 16.7. The molecule has 23 heavy (non-hydrogen) atoms. The Morgan fingerprint density at radius 2 is 2.04 bits per heavy atom. The lowest BCUT2D eigenvalue weighted by atomic mass is 10.2. The van der Waals surface area contributed by atoms with E-state index in [2.05, 4.69) is 10.3 Å². The quantitative estimate of drug-likeness (QED) is 0.576. The number of unbranched alkanes of at least 4 members (excludes halogenated alkanes) is 2. The van der Waals surface area contributed by atoms with Crippen molar-refractivity contribution in [3.63, 3.8) is 0 Å². The molecular formula is C17H23N3O2S. The van der Waals surface area contributed by atoms with Gasteiger partial charge in [0.25, 0.3) is 5.56 Å². The zero-order valence-electron chi connectivity index (χ0n) is 13.4.